The van der Waals surface area contributed by atoms with E-state index in [9.17, 15) is 15.2 Å². The Balaban J connectivity index is 1.77. The van der Waals surface area contributed by atoms with Gasteiger partial charge in [0.2, 0.25) is 0 Å². The predicted octanol–water partition coefficient (Wildman–Crippen LogP) is 5.34. The molecule has 148 valence electrons. The molecule has 30 heavy (non-hydrogen) atoms. The van der Waals surface area contributed by atoms with Gasteiger partial charge < -0.3 is 9.52 Å². The van der Waals surface area contributed by atoms with Gasteiger partial charge in [-0.05, 0) is 48.7 Å². The standard InChI is InChI=1S/C24H18N2O3S/c1-14-8-15(2)26-24(20(14)12-25)30-13-17-9-23(28)29-22-11-18(21(27)10-19(17)22)16-6-4-3-5-7-16/h3-11,27H,13H2,1-2H3. The molecule has 0 aliphatic rings. The molecule has 0 radical (unpaired) electrons. The Labute approximate surface area is 177 Å². The Morgan fingerprint density at radius 2 is 1.90 bits per heavy atom. The summed E-state index contributed by atoms with van der Waals surface area (Å²) >= 11 is 1.39. The molecule has 0 bridgehead atoms. The van der Waals surface area contributed by atoms with Gasteiger partial charge in [-0.25, -0.2) is 9.78 Å². The minimum absolute atomic E-state index is 0.107. The summed E-state index contributed by atoms with van der Waals surface area (Å²) < 4.78 is 5.41. The van der Waals surface area contributed by atoms with Crippen molar-refractivity contribution in [2.45, 2.75) is 24.6 Å². The molecule has 0 saturated heterocycles. The van der Waals surface area contributed by atoms with Crippen LogP contribution >= 0.6 is 11.8 Å². The number of pyridine rings is 1. The van der Waals surface area contributed by atoms with Gasteiger partial charge in [-0.2, -0.15) is 5.26 Å². The highest BCUT2D eigenvalue weighted by molar-refractivity contribution is 7.98. The van der Waals surface area contributed by atoms with Crippen LogP contribution in [0, 0.1) is 25.2 Å². The van der Waals surface area contributed by atoms with E-state index in [1.54, 1.807) is 12.1 Å². The molecule has 2 aromatic heterocycles. The number of phenols is 1. The lowest BCUT2D eigenvalue weighted by atomic mass is 10.0. The number of hydrogen-bond donors (Lipinski definition) is 1. The molecule has 0 aliphatic carbocycles. The van der Waals surface area contributed by atoms with E-state index in [2.05, 4.69) is 11.1 Å². The third-order valence-electron chi connectivity index (χ3n) is 4.82. The minimum Gasteiger partial charge on any atom is -0.507 e. The largest absolute Gasteiger partial charge is 0.507 e. The molecule has 6 heteroatoms. The van der Waals surface area contributed by atoms with Crippen LogP contribution in [0.15, 0.2) is 68.8 Å². The van der Waals surface area contributed by atoms with Gasteiger partial charge in [-0.15, -0.1) is 11.8 Å². The first-order chi connectivity index (χ1) is 14.5. The normalized spacial score (nSPS) is 10.8. The van der Waals surface area contributed by atoms with E-state index in [0.29, 0.717) is 38.4 Å². The van der Waals surface area contributed by atoms with Crippen LogP contribution in [0.2, 0.25) is 0 Å². The van der Waals surface area contributed by atoms with Gasteiger partial charge in [0, 0.05) is 28.5 Å². The van der Waals surface area contributed by atoms with E-state index >= 15 is 0 Å². The number of aromatic hydroxyl groups is 1. The average molecular weight is 414 g/mol. The van der Waals surface area contributed by atoms with Crippen molar-refractivity contribution in [2.75, 3.05) is 0 Å². The Hall–Kier alpha value is -3.56. The summed E-state index contributed by atoms with van der Waals surface area (Å²) in [5.41, 5.74) is 4.32. The van der Waals surface area contributed by atoms with E-state index in [0.717, 1.165) is 16.8 Å². The maximum absolute atomic E-state index is 12.2. The van der Waals surface area contributed by atoms with Gasteiger partial charge in [0.05, 0.1) is 5.56 Å². The Bertz CT molecular complexity index is 1360. The van der Waals surface area contributed by atoms with Crippen LogP contribution in [-0.2, 0) is 5.75 Å². The van der Waals surface area contributed by atoms with Crippen molar-refractivity contribution in [3.05, 3.63) is 87.4 Å². The lowest BCUT2D eigenvalue weighted by Crippen LogP contribution is -2.01. The van der Waals surface area contributed by atoms with Crippen molar-refractivity contribution in [2.24, 2.45) is 0 Å². The highest BCUT2D eigenvalue weighted by Gasteiger charge is 2.14. The van der Waals surface area contributed by atoms with Crippen LogP contribution in [0.4, 0.5) is 0 Å². The molecular weight excluding hydrogens is 396 g/mol. The van der Waals surface area contributed by atoms with E-state index in [-0.39, 0.29) is 5.75 Å². The average Bonchev–Trinajstić information content (AvgIpc) is 2.72. The van der Waals surface area contributed by atoms with Gasteiger partial charge in [0.25, 0.3) is 0 Å². The zero-order chi connectivity index (χ0) is 21.3. The molecule has 0 amide bonds. The van der Waals surface area contributed by atoms with Gasteiger partial charge in [0.1, 0.15) is 22.4 Å². The Morgan fingerprint density at radius 1 is 1.13 bits per heavy atom. The van der Waals surface area contributed by atoms with Crippen molar-refractivity contribution >= 4 is 22.7 Å². The number of aryl methyl sites for hydroxylation is 2. The summed E-state index contributed by atoms with van der Waals surface area (Å²) in [6.45, 7) is 3.76. The molecule has 4 rings (SSSR count). The van der Waals surface area contributed by atoms with Crippen LogP contribution in [0.25, 0.3) is 22.1 Å². The van der Waals surface area contributed by atoms with Crippen LogP contribution < -0.4 is 5.63 Å². The van der Waals surface area contributed by atoms with Crippen LogP contribution in [0.1, 0.15) is 22.4 Å². The van der Waals surface area contributed by atoms with Gasteiger partial charge >= 0.3 is 5.63 Å². The fourth-order valence-electron chi connectivity index (χ4n) is 3.42. The number of hydrogen-bond acceptors (Lipinski definition) is 6. The van der Waals surface area contributed by atoms with Gasteiger partial charge in [-0.3, -0.25) is 0 Å². The quantitative estimate of drug-likeness (QED) is 0.358. The Morgan fingerprint density at radius 3 is 2.63 bits per heavy atom. The molecule has 2 heterocycles. The maximum Gasteiger partial charge on any atom is 0.336 e. The fraction of sp³-hybridized carbons (Fsp3) is 0.125. The number of fused-ring (bicyclic) bond motifs is 1. The molecule has 0 atom stereocenters. The molecule has 0 unspecified atom stereocenters. The number of aromatic nitrogens is 1. The van der Waals surface area contributed by atoms with Gasteiger partial charge in [0.15, 0.2) is 0 Å². The molecule has 0 aliphatic heterocycles. The molecular formula is C24H18N2O3S. The smallest absolute Gasteiger partial charge is 0.336 e. The SMILES string of the molecule is Cc1cc(C)c(C#N)c(SCc2cc(=O)oc3cc(-c4ccccc4)c(O)cc23)n1. The number of rotatable bonds is 4. The maximum atomic E-state index is 12.2. The first-order valence-electron chi connectivity index (χ1n) is 9.32. The van der Waals surface area contributed by atoms with E-state index in [1.165, 1.54) is 17.8 Å². The first kappa shape index (κ1) is 19.7. The molecule has 0 fully saturated rings. The monoisotopic (exact) mass is 414 g/mol. The molecule has 4 aromatic rings. The van der Waals surface area contributed by atoms with Crippen molar-refractivity contribution in [1.29, 1.82) is 5.26 Å². The van der Waals surface area contributed by atoms with E-state index in [4.69, 9.17) is 4.42 Å². The second-order valence-electron chi connectivity index (χ2n) is 6.98. The summed E-state index contributed by atoms with van der Waals surface area (Å²) in [7, 11) is 0. The third-order valence-corrected chi connectivity index (χ3v) is 5.84. The summed E-state index contributed by atoms with van der Waals surface area (Å²) in [4.78, 5) is 16.7. The zero-order valence-electron chi connectivity index (χ0n) is 16.5. The minimum atomic E-state index is -0.461. The summed E-state index contributed by atoms with van der Waals surface area (Å²) in [6.07, 6.45) is 0. The number of phenolic OH excluding ortho intramolecular Hbond substituents is 1. The number of nitriles is 1. The highest BCUT2D eigenvalue weighted by atomic mass is 32.2. The summed E-state index contributed by atoms with van der Waals surface area (Å²) in [6, 6.07) is 18.2. The second kappa shape index (κ2) is 8.05. The van der Waals surface area contributed by atoms with E-state index in [1.807, 2.05) is 50.2 Å². The third kappa shape index (κ3) is 3.80. The summed E-state index contributed by atoms with van der Waals surface area (Å²) in [5.74, 6) is 0.521. The van der Waals surface area contributed by atoms with Crippen molar-refractivity contribution < 1.29 is 9.52 Å². The lowest BCUT2D eigenvalue weighted by molar-refractivity contribution is 0.477. The van der Waals surface area contributed by atoms with Crippen LogP contribution in [-0.4, -0.2) is 10.1 Å². The van der Waals surface area contributed by atoms with Crippen LogP contribution in [0.3, 0.4) is 0 Å². The molecule has 0 spiro atoms. The fourth-order valence-corrected chi connectivity index (χ4v) is 4.51. The highest BCUT2D eigenvalue weighted by Crippen LogP contribution is 2.36. The van der Waals surface area contributed by atoms with Crippen molar-refractivity contribution in [3.63, 3.8) is 0 Å². The number of nitrogens with zero attached hydrogens (tertiary/aromatic N) is 2. The van der Waals surface area contributed by atoms with Gasteiger partial charge in [-0.1, -0.05) is 30.3 Å². The zero-order valence-corrected chi connectivity index (χ0v) is 17.3. The molecule has 0 saturated carbocycles. The van der Waals surface area contributed by atoms with Crippen molar-refractivity contribution in [1.82, 2.24) is 4.98 Å². The number of thioether (sulfide) groups is 1. The number of benzene rings is 2. The molecule has 2 aromatic carbocycles. The Kier molecular flexibility index (Phi) is 5.30. The molecule has 5 nitrogen and oxygen atoms in total. The van der Waals surface area contributed by atoms with Crippen molar-refractivity contribution in [3.8, 4) is 22.9 Å². The van der Waals surface area contributed by atoms with Crippen LogP contribution in [0.5, 0.6) is 5.75 Å². The molecule has 1 N–H and O–H groups in total. The second-order valence-corrected chi connectivity index (χ2v) is 7.95. The summed E-state index contributed by atoms with van der Waals surface area (Å²) in [5, 5.41) is 21.4. The first-order valence-corrected chi connectivity index (χ1v) is 10.3. The topological polar surface area (TPSA) is 87.1 Å². The lowest BCUT2D eigenvalue weighted by Gasteiger charge is -2.11. The predicted molar refractivity (Wildman–Crippen MR) is 118 cm³/mol. The van der Waals surface area contributed by atoms with E-state index < -0.39 is 5.63 Å².